The Morgan fingerprint density at radius 2 is 1.56 bits per heavy atom. The number of anilines is 2. The molecule has 0 unspecified atom stereocenters. The first-order valence-electron chi connectivity index (χ1n) is 10.2. The maximum Gasteiger partial charge on any atom is 0.416 e. The summed E-state index contributed by atoms with van der Waals surface area (Å²) >= 11 is 0. The summed E-state index contributed by atoms with van der Waals surface area (Å²) in [7, 11) is 0. The number of alkyl halides is 6. The van der Waals surface area contributed by atoms with Gasteiger partial charge in [-0.15, -0.1) is 0 Å². The zero-order valence-corrected chi connectivity index (χ0v) is 18.2. The molecule has 0 bridgehead atoms. The van der Waals surface area contributed by atoms with Gasteiger partial charge in [-0.1, -0.05) is 24.3 Å². The van der Waals surface area contributed by atoms with Crippen LogP contribution >= 0.6 is 0 Å². The molecule has 0 aliphatic carbocycles. The molecule has 0 aliphatic heterocycles. The second-order valence-corrected chi connectivity index (χ2v) is 7.42. The van der Waals surface area contributed by atoms with Crippen LogP contribution < -0.4 is 15.4 Å². The molecule has 2 amide bonds. The highest BCUT2D eigenvalue weighted by atomic mass is 19.4. The third-order valence-electron chi connectivity index (χ3n) is 4.95. The monoisotopic (exact) mass is 512 g/mol. The Hall–Kier alpha value is -4.22. The maximum absolute atomic E-state index is 13.2. The molecule has 3 N–H and O–H groups in total. The van der Waals surface area contributed by atoms with Crippen molar-refractivity contribution in [2.24, 2.45) is 0 Å². The highest BCUT2D eigenvalue weighted by Gasteiger charge is 2.32. The molecular formula is C24H18F6N2O4. The average Bonchev–Trinajstić information content (AvgIpc) is 2.80. The van der Waals surface area contributed by atoms with E-state index in [4.69, 9.17) is 4.74 Å². The summed E-state index contributed by atoms with van der Waals surface area (Å²) in [5.41, 5.74) is -2.48. The number of amides is 2. The third-order valence-corrected chi connectivity index (χ3v) is 4.95. The molecule has 36 heavy (non-hydrogen) atoms. The SMILES string of the molecule is O=CNc1cccc(C(=O)Nc2cc(C(F)(F)F)ccc2OCCc2cccc(C(F)(F)F)c2)c1O. The van der Waals surface area contributed by atoms with E-state index >= 15 is 0 Å². The molecule has 0 saturated carbocycles. The van der Waals surface area contributed by atoms with E-state index in [1.807, 2.05) is 0 Å². The number of nitrogens with one attached hydrogen (secondary N) is 2. The van der Waals surface area contributed by atoms with E-state index in [-0.39, 0.29) is 47.7 Å². The molecule has 12 heteroatoms. The Morgan fingerprint density at radius 1 is 0.889 bits per heavy atom. The number of halogens is 6. The van der Waals surface area contributed by atoms with Gasteiger partial charge in [-0.25, -0.2) is 0 Å². The number of carbonyl (C=O) groups is 2. The van der Waals surface area contributed by atoms with Crippen molar-refractivity contribution in [2.75, 3.05) is 17.2 Å². The number of phenolic OH excluding ortho intramolecular Hbond substituents is 1. The fraction of sp³-hybridized carbons (Fsp3) is 0.167. The highest BCUT2D eigenvalue weighted by Crippen LogP contribution is 2.36. The van der Waals surface area contributed by atoms with Crippen LogP contribution in [0.4, 0.5) is 37.7 Å². The van der Waals surface area contributed by atoms with E-state index in [1.165, 1.54) is 30.3 Å². The van der Waals surface area contributed by atoms with Crippen LogP contribution in [0.5, 0.6) is 11.5 Å². The van der Waals surface area contributed by atoms with Gasteiger partial charge in [0.2, 0.25) is 6.41 Å². The molecule has 0 aliphatic rings. The fourth-order valence-corrected chi connectivity index (χ4v) is 3.21. The topological polar surface area (TPSA) is 87.7 Å². The van der Waals surface area contributed by atoms with Crippen molar-refractivity contribution in [3.63, 3.8) is 0 Å². The number of benzene rings is 3. The Kier molecular flexibility index (Phi) is 7.76. The van der Waals surface area contributed by atoms with Gasteiger partial charge in [0.15, 0.2) is 5.75 Å². The Balaban J connectivity index is 1.83. The lowest BCUT2D eigenvalue weighted by Gasteiger charge is -2.16. The summed E-state index contributed by atoms with van der Waals surface area (Å²) in [6, 6.07) is 10.6. The fourth-order valence-electron chi connectivity index (χ4n) is 3.21. The Bertz CT molecular complexity index is 1260. The molecule has 0 saturated heterocycles. The summed E-state index contributed by atoms with van der Waals surface area (Å²) in [6.45, 7) is -0.209. The first kappa shape index (κ1) is 26.4. The third kappa shape index (κ3) is 6.46. The zero-order valence-electron chi connectivity index (χ0n) is 18.2. The number of phenols is 1. The molecule has 3 rings (SSSR count). The molecule has 0 aromatic heterocycles. The minimum Gasteiger partial charge on any atom is -0.505 e. The smallest absolute Gasteiger partial charge is 0.416 e. The van der Waals surface area contributed by atoms with Gasteiger partial charge in [0, 0.05) is 6.42 Å². The maximum atomic E-state index is 13.2. The first-order chi connectivity index (χ1) is 16.9. The molecule has 0 radical (unpaired) electrons. The van der Waals surface area contributed by atoms with Crippen LogP contribution in [0.3, 0.4) is 0 Å². The summed E-state index contributed by atoms with van der Waals surface area (Å²) in [6.07, 6.45) is -9.02. The van der Waals surface area contributed by atoms with Crippen molar-refractivity contribution in [3.8, 4) is 11.5 Å². The largest absolute Gasteiger partial charge is 0.505 e. The molecule has 3 aromatic rings. The van der Waals surface area contributed by atoms with Gasteiger partial charge in [-0.2, -0.15) is 26.3 Å². The van der Waals surface area contributed by atoms with Crippen molar-refractivity contribution in [1.82, 2.24) is 0 Å². The Labute approximate surface area is 200 Å². The van der Waals surface area contributed by atoms with E-state index in [9.17, 15) is 41.0 Å². The van der Waals surface area contributed by atoms with Gasteiger partial charge in [0.05, 0.1) is 34.7 Å². The molecular weight excluding hydrogens is 494 g/mol. The zero-order chi connectivity index (χ0) is 26.5. The lowest BCUT2D eigenvalue weighted by molar-refractivity contribution is -0.138. The molecule has 0 fully saturated rings. The van der Waals surface area contributed by atoms with Crippen LogP contribution in [0.2, 0.25) is 0 Å². The minimum atomic E-state index is -4.74. The van der Waals surface area contributed by atoms with Gasteiger partial charge in [-0.3, -0.25) is 9.59 Å². The minimum absolute atomic E-state index is 0.00146. The molecule has 0 heterocycles. The van der Waals surface area contributed by atoms with Crippen molar-refractivity contribution in [2.45, 2.75) is 18.8 Å². The van der Waals surface area contributed by atoms with Crippen LogP contribution in [-0.2, 0) is 23.6 Å². The van der Waals surface area contributed by atoms with Gasteiger partial charge in [0.25, 0.3) is 5.91 Å². The van der Waals surface area contributed by atoms with E-state index in [0.29, 0.717) is 6.07 Å². The lowest BCUT2D eigenvalue weighted by Crippen LogP contribution is -2.15. The van der Waals surface area contributed by atoms with E-state index in [1.54, 1.807) is 0 Å². The van der Waals surface area contributed by atoms with Crippen molar-refractivity contribution in [3.05, 3.63) is 82.9 Å². The number of hydrogen-bond donors (Lipinski definition) is 3. The van der Waals surface area contributed by atoms with Crippen LogP contribution in [0.15, 0.2) is 60.7 Å². The predicted octanol–water partition coefficient (Wildman–Crippen LogP) is 5.87. The first-order valence-corrected chi connectivity index (χ1v) is 10.2. The second kappa shape index (κ2) is 10.6. The number of rotatable bonds is 8. The number of hydrogen-bond acceptors (Lipinski definition) is 4. The highest BCUT2D eigenvalue weighted by molar-refractivity contribution is 6.08. The number of aromatic hydroxyl groups is 1. The molecule has 190 valence electrons. The molecule has 0 spiro atoms. The average molecular weight is 512 g/mol. The molecule has 3 aromatic carbocycles. The number of ether oxygens (including phenoxy) is 1. The van der Waals surface area contributed by atoms with Gasteiger partial charge in [0.1, 0.15) is 5.75 Å². The van der Waals surface area contributed by atoms with Gasteiger partial charge >= 0.3 is 12.4 Å². The summed E-state index contributed by atoms with van der Waals surface area (Å²) in [4.78, 5) is 23.3. The summed E-state index contributed by atoms with van der Waals surface area (Å²) < 4.78 is 83.9. The normalized spacial score (nSPS) is 11.6. The van der Waals surface area contributed by atoms with Crippen molar-refractivity contribution < 1.29 is 45.8 Å². The van der Waals surface area contributed by atoms with E-state index in [0.717, 1.165) is 24.3 Å². The summed E-state index contributed by atoms with van der Waals surface area (Å²) in [5, 5.41) is 14.6. The van der Waals surface area contributed by atoms with Crippen molar-refractivity contribution in [1.29, 1.82) is 0 Å². The predicted molar refractivity (Wildman–Crippen MR) is 118 cm³/mol. The second-order valence-electron chi connectivity index (χ2n) is 7.42. The van der Waals surface area contributed by atoms with Crippen molar-refractivity contribution >= 4 is 23.7 Å². The number of carbonyl (C=O) groups excluding carboxylic acids is 2. The molecule has 6 nitrogen and oxygen atoms in total. The van der Waals surface area contributed by atoms with Crippen LogP contribution in [0.1, 0.15) is 27.0 Å². The van der Waals surface area contributed by atoms with Gasteiger partial charge in [-0.05, 0) is 42.0 Å². The van der Waals surface area contributed by atoms with Gasteiger partial charge < -0.3 is 20.5 Å². The van der Waals surface area contributed by atoms with Crippen LogP contribution in [0.25, 0.3) is 0 Å². The van der Waals surface area contributed by atoms with Crippen LogP contribution in [-0.4, -0.2) is 24.0 Å². The standard InChI is InChI=1S/C24H18F6N2O4/c25-23(26,27)15-4-1-3-14(11-15)9-10-36-20-8-7-16(24(28,29)30)12-19(20)32-22(35)17-5-2-6-18(21(17)34)31-13-33/h1-8,11-13,34H,9-10H2,(H,31,33)(H,32,35). The number of para-hydroxylation sites is 1. The quantitative estimate of drug-likeness (QED) is 0.200. The van der Waals surface area contributed by atoms with Crippen LogP contribution in [0, 0.1) is 0 Å². The molecule has 0 atom stereocenters. The van der Waals surface area contributed by atoms with E-state index in [2.05, 4.69) is 10.6 Å². The summed E-state index contributed by atoms with van der Waals surface area (Å²) in [5.74, 6) is -1.78. The Morgan fingerprint density at radius 3 is 2.22 bits per heavy atom. The van der Waals surface area contributed by atoms with E-state index < -0.39 is 35.1 Å². The lowest BCUT2D eigenvalue weighted by atomic mass is 10.1.